The Morgan fingerprint density at radius 1 is 0.900 bits per heavy atom. The molecule has 0 fully saturated rings. The zero-order chi connectivity index (χ0) is 14.7. The molecule has 0 saturated carbocycles. The Morgan fingerprint density at radius 2 is 1.45 bits per heavy atom. The van der Waals surface area contributed by atoms with Crippen molar-refractivity contribution < 1.29 is 4.39 Å². The Labute approximate surface area is 132 Å². The predicted molar refractivity (Wildman–Crippen MR) is 83.3 cm³/mol. The summed E-state index contributed by atoms with van der Waals surface area (Å²) in [5.74, 6) is -0.354. The van der Waals surface area contributed by atoms with Gasteiger partial charge in [0.05, 0.1) is 0 Å². The molecule has 0 amide bonds. The van der Waals surface area contributed by atoms with Crippen molar-refractivity contribution >= 4 is 34.8 Å². The molecule has 5 heteroatoms. The molecule has 2 aromatic carbocycles. The first-order valence-electron chi connectivity index (χ1n) is 6.09. The Balaban J connectivity index is 2.07. The topological polar surface area (TPSA) is 26.0 Å². The van der Waals surface area contributed by atoms with Gasteiger partial charge in [-0.1, -0.05) is 46.9 Å². The van der Waals surface area contributed by atoms with Crippen LogP contribution in [0.5, 0.6) is 0 Å². The van der Waals surface area contributed by atoms with Gasteiger partial charge in [0.15, 0.2) is 0 Å². The molecule has 2 N–H and O–H groups in total. The van der Waals surface area contributed by atoms with Gasteiger partial charge in [-0.2, -0.15) is 0 Å². The summed E-state index contributed by atoms with van der Waals surface area (Å²) in [7, 11) is 0. The minimum atomic E-state index is -0.354. The molecule has 0 aliphatic rings. The van der Waals surface area contributed by atoms with E-state index in [0.717, 1.165) is 11.1 Å². The molecule has 2 rings (SSSR count). The van der Waals surface area contributed by atoms with Crippen LogP contribution < -0.4 is 5.73 Å². The second-order valence-corrected chi connectivity index (χ2v) is 5.89. The molecule has 0 spiro atoms. The molecule has 2 aromatic rings. The summed E-state index contributed by atoms with van der Waals surface area (Å²) in [6.45, 7) is 0. The first-order chi connectivity index (χ1) is 9.45. The normalized spacial score (nSPS) is 12.4. The van der Waals surface area contributed by atoms with Crippen molar-refractivity contribution in [1.29, 1.82) is 0 Å². The van der Waals surface area contributed by atoms with Crippen molar-refractivity contribution in [2.75, 3.05) is 0 Å². The molecule has 0 aliphatic heterocycles. The van der Waals surface area contributed by atoms with Crippen LogP contribution in [0.15, 0.2) is 36.4 Å². The van der Waals surface area contributed by atoms with E-state index < -0.39 is 0 Å². The van der Waals surface area contributed by atoms with Crippen LogP contribution in [0.25, 0.3) is 0 Å². The van der Waals surface area contributed by atoms with Gasteiger partial charge in [-0.3, -0.25) is 0 Å². The summed E-state index contributed by atoms with van der Waals surface area (Å²) >= 11 is 18.0. The van der Waals surface area contributed by atoms with Gasteiger partial charge in [0, 0.05) is 21.1 Å². The van der Waals surface area contributed by atoms with Gasteiger partial charge in [0.25, 0.3) is 0 Å². The maximum atomic E-state index is 13.0. The van der Waals surface area contributed by atoms with Gasteiger partial charge in [0.1, 0.15) is 5.82 Å². The largest absolute Gasteiger partial charge is 0.327 e. The van der Waals surface area contributed by atoms with E-state index in [0.29, 0.717) is 27.9 Å². The summed E-state index contributed by atoms with van der Waals surface area (Å²) in [6, 6.07) is 9.49. The van der Waals surface area contributed by atoms with Gasteiger partial charge < -0.3 is 5.73 Å². The number of rotatable bonds is 4. The van der Waals surface area contributed by atoms with E-state index in [1.54, 1.807) is 18.2 Å². The van der Waals surface area contributed by atoms with Crippen molar-refractivity contribution in [2.45, 2.75) is 18.9 Å². The van der Waals surface area contributed by atoms with Crippen LogP contribution in [0, 0.1) is 5.82 Å². The number of hydrogen-bond donors (Lipinski definition) is 1. The molecule has 1 atom stereocenters. The van der Waals surface area contributed by atoms with Gasteiger partial charge in [-0.05, 0) is 48.2 Å². The Morgan fingerprint density at radius 3 is 2.00 bits per heavy atom. The van der Waals surface area contributed by atoms with Crippen molar-refractivity contribution in [2.24, 2.45) is 5.73 Å². The molecule has 1 nitrogen and oxygen atoms in total. The van der Waals surface area contributed by atoms with E-state index in [1.165, 1.54) is 12.1 Å². The smallest absolute Gasteiger partial charge is 0.124 e. The SMILES string of the molecule is NC(Cc1ccc(F)cc1Cl)Cc1ccc(Cl)cc1Cl. The Kier molecular flexibility index (Phi) is 5.28. The second kappa shape index (κ2) is 6.77. The maximum Gasteiger partial charge on any atom is 0.124 e. The molecule has 20 heavy (non-hydrogen) atoms. The molecular weight excluding hydrogens is 320 g/mol. The van der Waals surface area contributed by atoms with Crippen molar-refractivity contribution in [3.05, 3.63) is 68.4 Å². The fourth-order valence-corrected chi connectivity index (χ4v) is 2.74. The molecule has 0 radical (unpaired) electrons. The average molecular weight is 333 g/mol. The fourth-order valence-electron chi connectivity index (χ4n) is 2.01. The minimum absolute atomic E-state index is 0.156. The van der Waals surface area contributed by atoms with E-state index in [-0.39, 0.29) is 11.9 Å². The summed E-state index contributed by atoms with van der Waals surface area (Å²) in [4.78, 5) is 0. The van der Waals surface area contributed by atoms with Gasteiger partial charge in [-0.25, -0.2) is 4.39 Å². The molecule has 0 saturated heterocycles. The van der Waals surface area contributed by atoms with Gasteiger partial charge in [0.2, 0.25) is 0 Å². The number of benzene rings is 2. The second-order valence-electron chi connectivity index (χ2n) is 4.64. The average Bonchev–Trinajstić information content (AvgIpc) is 2.36. The highest BCUT2D eigenvalue weighted by molar-refractivity contribution is 6.35. The van der Waals surface area contributed by atoms with E-state index in [2.05, 4.69) is 0 Å². The third kappa shape index (κ3) is 4.10. The van der Waals surface area contributed by atoms with Crippen LogP contribution in [-0.4, -0.2) is 6.04 Å². The number of hydrogen-bond acceptors (Lipinski definition) is 1. The maximum absolute atomic E-state index is 13.0. The van der Waals surface area contributed by atoms with Crippen LogP contribution in [0.1, 0.15) is 11.1 Å². The standard InChI is InChI=1S/C15H13Cl3FN/c16-11-3-1-9(14(17)7-11)5-13(20)6-10-2-4-12(19)8-15(10)18/h1-4,7-8,13H,5-6,20H2. The summed E-state index contributed by atoms with van der Waals surface area (Å²) in [6.07, 6.45) is 1.15. The highest BCUT2D eigenvalue weighted by atomic mass is 35.5. The first-order valence-corrected chi connectivity index (χ1v) is 7.22. The Hall–Kier alpha value is -0.800. The van der Waals surface area contributed by atoms with Gasteiger partial charge in [-0.15, -0.1) is 0 Å². The molecule has 0 aromatic heterocycles. The molecule has 106 valence electrons. The number of nitrogens with two attached hydrogens (primary N) is 1. The molecule has 0 aliphatic carbocycles. The lowest BCUT2D eigenvalue weighted by Crippen LogP contribution is -2.25. The zero-order valence-corrected chi connectivity index (χ0v) is 12.8. The van der Waals surface area contributed by atoms with E-state index in [9.17, 15) is 4.39 Å². The summed E-state index contributed by atoms with van der Waals surface area (Å²) in [5, 5.41) is 1.58. The highest BCUT2D eigenvalue weighted by Gasteiger charge is 2.11. The molecule has 0 bridgehead atoms. The zero-order valence-electron chi connectivity index (χ0n) is 10.5. The fraction of sp³-hybridized carbons (Fsp3) is 0.200. The lowest BCUT2D eigenvalue weighted by molar-refractivity contribution is 0.623. The minimum Gasteiger partial charge on any atom is -0.327 e. The van der Waals surface area contributed by atoms with Crippen molar-refractivity contribution in [3.63, 3.8) is 0 Å². The lowest BCUT2D eigenvalue weighted by atomic mass is 9.99. The van der Waals surface area contributed by atoms with Crippen LogP contribution in [0.4, 0.5) is 4.39 Å². The first kappa shape index (κ1) is 15.6. The predicted octanol–water partition coefficient (Wildman–Crippen LogP) is 4.90. The summed E-state index contributed by atoms with van der Waals surface area (Å²) in [5.41, 5.74) is 7.86. The van der Waals surface area contributed by atoms with Crippen LogP contribution >= 0.6 is 34.8 Å². The number of halogens is 4. The van der Waals surface area contributed by atoms with Gasteiger partial charge >= 0.3 is 0 Å². The lowest BCUT2D eigenvalue weighted by Gasteiger charge is -2.14. The third-order valence-corrected chi connectivity index (χ3v) is 3.93. The monoisotopic (exact) mass is 331 g/mol. The van der Waals surface area contributed by atoms with Crippen LogP contribution in [0.3, 0.4) is 0 Å². The highest BCUT2D eigenvalue weighted by Crippen LogP contribution is 2.24. The molecule has 1 unspecified atom stereocenters. The summed E-state index contributed by atoms with van der Waals surface area (Å²) < 4.78 is 13.0. The van der Waals surface area contributed by atoms with E-state index in [1.807, 2.05) is 6.07 Å². The van der Waals surface area contributed by atoms with Crippen LogP contribution in [0.2, 0.25) is 15.1 Å². The van der Waals surface area contributed by atoms with Crippen LogP contribution in [-0.2, 0) is 12.8 Å². The van der Waals surface area contributed by atoms with Crippen molar-refractivity contribution in [3.8, 4) is 0 Å². The van der Waals surface area contributed by atoms with Crippen molar-refractivity contribution in [1.82, 2.24) is 0 Å². The van der Waals surface area contributed by atoms with E-state index in [4.69, 9.17) is 40.5 Å². The molecular formula is C15H13Cl3FN. The van der Waals surface area contributed by atoms with E-state index >= 15 is 0 Å². The third-order valence-electron chi connectivity index (χ3n) is 2.99. The Bertz CT molecular complexity index is 563. The quantitative estimate of drug-likeness (QED) is 0.847. The molecule has 0 heterocycles.